The van der Waals surface area contributed by atoms with Crippen molar-refractivity contribution in [2.24, 2.45) is 0 Å². The number of aryl methyl sites for hydroxylation is 2. The van der Waals surface area contributed by atoms with Crippen LogP contribution in [0.4, 0.5) is 0 Å². The minimum Gasteiger partial charge on any atom is -0.507 e. The van der Waals surface area contributed by atoms with Crippen LogP contribution < -0.4 is 0 Å². The summed E-state index contributed by atoms with van der Waals surface area (Å²) >= 11 is 0. The molecule has 0 amide bonds. The van der Waals surface area contributed by atoms with Crippen molar-refractivity contribution in [3.63, 3.8) is 0 Å². The third-order valence-electron chi connectivity index (χ3n) is 2.60. The van der Waals surface area contributed by atoms with Crippen molar-refractivity contribution in [3.8, 4) is 5.75 Å². The first kappa shape index (κ1) is 14.5. The van der Waals surface area contributed by atoms with Crippen molar-refractivity contribution in [2.45, 2.75) is 40.2 Å². The van der Waals surface area contributed by atoms with Crippen LogP contribution >= 0.6 is 0 Å². The lowest BCUT2D eigenvalue weighted by Crippen LogP contribution is -2.34. The molecule has 0 saturated heterocycles. The fourth-order valence-corrected chi connectivity index (χ4v) is 1.61. The molecule has 0 aromatic heterocycles. The maximum absolute atomic E-state index is 9.74. The molecule has 0 unspecified atom stereocenters. The van der Waals surface area contributed by atoms with Gasteiger partial charge in [0.15, 0.2) is 0 Å². The Bertz CT molecular complexity index is 436. The Hall–Kier alpha value is -1.55. The lowest BCUT2D eigenvalue weighted by atomic mass is 10.1. The van der Waals surface area contributed by atoms with Gasteiger partial charge in [0.2, 0.25) is 11.8 Å². The van der Waals surface area contributed by atoms with E-state index < -0.39 is 0 Å². The zero-order chi connectivity index (χ0) is 13.9. The third kappa shape index (κ3) is 3.47. The monoisotopic (exact) mass is 252 g/mol. The Labute approximate surface area is 108 Å². The first-order valence-corrected chi connectivity index (χ1v) is 5.91. The number of aromatic hydroxyl groups is 1. The normalized spacial score (nSPS) is 12.7. The van der Waals surface area contributed by atoms with Crippen LogP contribution in [0.15, 0.2) is 12.1 Å². The van der Waals surface area contributed by atoms with Crippen molar-refractivity contribution < 1.29 is 19.7 Å². The molecule has 18 heavy (non-hydrogen) atoms. The molecule has 1 aromatic carbocycles. The van der Waals surface area contributed by atoms with Crippen LogP contribution in [0, 0.1) is 13.8 Å². The van der Waals surface area contributed by atoms with Crippen LogP contribution in [0.5, 0.6) is 5.75 Å². The molecule has 4 heteroatoms. The molecule has 1 rings (SSSR count). The van der Waals surface area contributed by atoms with Gasteiger partial charge < -0.3 is 5.11 Å². The van der Waals surface area contributed by atoms with E-state index in [1.54, 1.807) is 4.74 Å². The molecular formula is C14H22NO3+. The Morgan fingerprint density at radius 3 is 2.06 bits per heavy atom. The minimum absolute atomic E-state index is 0.226. The Morgan fingerprint density at radius 1 is 1.17 bits per heavy atom. The zero-order valence-corrected chi connectivity index (χ0v) is 11.9. The largest absolute Gasteiger partial charge is 0.507 e. The van der Waals surface area contributed by atoms with E-state index >= 15 is 0 Å². The van der Waals surface area contributed by atoms with E-state index in [2.05, 4.69) is 0 Å². The quantitative estimate of drug-likeness (QED) is 0.389. The van der Waals surface area contributed by atoms with Crippen LogP contribution in [0.3, 0.4) is 0 Å². The first-order chi connectivity index (χ1) is 8.25. The van der Waals surface area contributed by atoms with E-state index in [0.29, 0.717) is 5.75 Å². The summed E-state index contributed by atoms with van der Waals surface area (Å²) in [6, 6.07) is 3.81. The van der Waals surface area contributed by atoms with Gasteiger partial charge >= 0.3 is 0 Å². The smallest absolute Gasteiger partial charge is 0.227 e. The molecule has 0 bridgehead atoms. The van der Waals surface area contributed by atoms with Gasteiger partial charge in [0.25, 0.3) is 0 Å². The predicted molar refractivity (Wildman–Crippen MR) is 70.9 cm³/mol. The van der Waals surface area contributed by atoms with Gasteiger partial charge in [-0.3, -0.25) is 0 Å². The highest BCUT2D eigenvalue weighted by molar-refractivity contribution is 5.77. The molecule has 0 radical (unpaired) electrons. The highest BCUT2D eigenvalue weighted by Crippen LogP contribution is 2.22. The van der Waals surface area contributed by atoms with E-state index in [4.69, 9.17) is 9.88 Å². The van der Waals surface area contributed by atoms with Gasteiger partial charge in [0.05, 0.1) is 7.11 Å². The van der Waals surface area contributed by atoms with Crippen LogP contribution in [0.1, 0.15) is 37.5 Å². The molecule has 4 nitrogen and oxygen atoms in total. The van der Waals surface area contributed by atoms with Crippen molar-refractivity contribution in [3.05, 3.63) is 28.8 Å². The summed E-state index contributed by atoms with van der Waals surface area (Å²) < 4.78 is 1.64. The molecule has 0 heterocycles. The highest BCUT2D eigenvalue weighted by atomic mass is 17.3. The summed E-state index contributed by atoms with van der Waals surface area (Å²) in [5, 5.41) is 9.74. The number of phenolic OH excluding ortho intramolecular Hbond substituents is 1. The number of hydroxylamine groups is 1. The fourth-order valence-electron chi connectivity index (χ4n) is 1.61. The summed E-state index contributed by atoms with van der Waals surface area (Å²) in [6.07, 6.45) is 1.85. The number of phenols is 1. The Kier molecular flexibility index (Phi) is 4.35. The molecule has 0 spiro atoms. The van der Waals surface area contributed by atoms with Gasteiger partial charge in [0, 0.05) is 31.1 Å². The molecule has 1 N–H and O–H groups in total. The lowest BCUT2D eigenvalue weighted by Gasteiger charge is -2.12. The van der Waals surface area contributed by atoms with Gasteiger partial charge in [-0.05, 0) is 37.1 Å². The zero-order valence-electron chi connectivity index (χ0n) is 11.9. The van der Waals surface area contributed by atoms with E-state index in [1.165, 1.54) is 7.11 Å². The highest BCUT2D eigenvalue weighted by Gasteiger charge is 2.28. The second kappa shape index (κ2) is 5.40. The summed E-state index contributed by atoms with van der Waals surface area (Å²) in [5.41, 5.74) is 2.41. The van der Waals surface area contributed by atoms with Gasteiger partial charge in [-0.2, -0.15) is 0 Å². The topological polar surface area (TPSA) is 41.7 Å². The molecule has 0 aliphatic rings. The van der Waals surface area contributed by atoms with Crippen molar-refractivity contribution in [1.82, 2.24) is 0 Å². The molecular weight excluding hydrogens is 230 g/mol. The summed E-state index contributed by atoms with van der Waals surface area (Å²) in [7, 11) is 1.47. The van der Waals surface area contributed by atoms with Crippen molar-refractivity contribution in [2.75, 3.05) is 7.11 Å². The summed E-state index contributed by atoms with van der Waals surface area (Å²) in [6.45, 7) is 9.80. The second-order valence-corrected chi connectivity index (χ2v) is 5.37. The number of hydrogen-bond donors (Lipinski definition) is 1. The molecule has 0 aliphatic carbocycles. The number of rotatable bonds is 3. The van der Waals surface area contributed by atoms with E-state index in [-0.39, 0.29) is 5.54 Å². The summed E-state index contributed by atoms with van der Waals surface area (Å²) in [5.74, 6) is 0.335. The average molecular weight is 252 g/mol. The standard InChI is InChI=1S/C14H21NO3/c1-10-7-12(8-11(2)13(10)16)9-15(18-17-6)14(3,4)5/h7-9H,1-6H3/p+1. The van der Waals surface area contributed by atoms with Gasteiger partial charge in [0.1, 0.15) is 5.75 Å². The minimum atomic E-state index is -0.226. The fraction of sp³-hybridized carbons (Fsp3) is 0.500. The van der Waals surface area contributed by atoms with Crippen molar-refractivity contribution in [1.29, 1.82) is 0 Å². The lowest BCUT2D eigenvalue weighted by molar-refractivity contribution is -0.902. The van der Waals surface area contributed by atoms with Gasteiger partial charge in [-0.15, -0.1) is 4.89 Å². The van der Waals surface area contributed by atoms with Crippen molar-refractivity contribution >= 4 is 6.21 Å². The van der Waals surface area contributed by atoms with Crippen LogP contribution in [0.25, 0.3) is 0 Å². The Balaban J connectivity index is 3.20. The number of benzene rings is 1. The van der Waals surface area contributed by atoms with Crippen LogP contribution in [-0.2, 0) is 9.88 Å². The SMILES string of the molecule is COO/[N+](=C\c1cc(C)c(O)c(C)c1)C(C)(C)C. The molecule has 0 saturated carbocycles. The average Bonchev–Trinajstić information content (AvgIpc) is 2.24. The van der Waals surface area contributed by atoms with E-state index in [1.807, 2.05) is 53.0 Å². The molecule has 1 aromatic rings. The molecule has 0 fully saturated rings. The maximum atomic E-state index is 9.74. The van der Waals surface area contributed by atoms with Crippen LogP contribution in [-0.4, -0.2) is 28.7 Å². The molecule has 0 aliphatic heterocycles. The van der Waals surface area contributed by atoms with Gasteiger partial charge in [-0.1, -0.05) is 4.99 Å². The molecule has 0 atom stereocenters. The number of nitrogens with zero attached hydrogens (tertiary/aromatic N) is 1. The molecule has 100 valence electrons. The Morgan fingerprint density at radius 2 is 1.67 bits per heavy atom. The van der Waals surface area contributed by atoms with Crippen LogP contribution in [0.2, 0.25) is 0 Å². The maximum Gasteiger partial charge on any atom is 0.227 e. The number of hydrogen-bond acceptors (Lipinski definition) is 3. The van der Waals surface area contributed by atoms with Gasteiger partial charge in [-0.25, -0.2) is 0 Å². The predicted octanol–water partition coefficient (Wildman–Crippen LogP) is 2.73. The van der Waals surface area contributed by atoms with E-state index in [9.17, 15) is 5.11 Å². The first-order valence-electron chi connectivity index (χ1n) is 5.91. The van der Waals surface area contributed by atoms with E-state index in [0.717, 1.165) is 16.7 Å². The summed E-state index contributed by atoms with van der Waals surface area (Å²) in [4.78, 5) is 9.87. The third-order valence-corrected chi connectivity index (χ3v) is 2.60. The second-order valence-electron chi connectivity index (χ2n) is 5.37.